The lowest BCUT2D eigenvalue weighted by Gasteiger charge is -2.38. The van der Waals surface area contributed by atoms with E-state index in [1.165, 1.54) is 6.42 Å². The molecule has 21 heavy (non-hydrogen) atoms. The Hall–Kier alpha value is -1.10. The number of rotatable bonds is 5. The number of hydrogen-bond acceptors (Lipinski definition) is 3. The Balaban J connectivity index is 2.54. The standard InChI is InChI=1S/C16H31N3O2/c1-11(2)17-15(20)10-18(6)14(5)16(21)19-8-12(3)7-13(4)9-19/h11-14H,7-10H2,1-6H3,(H,17,20)/t12-,13+,14-/m1/s1. The number of carbonyl (C=O) groups is 2. The molecule has 0 aromatic carbocycles. The molecule has 1 saturated heterocycles. The molecule has 0 radical (unpaired) electrons. The van der Waals surface area contributed by atoms with Crippen LogP contribution in [-0.4, -0.2) is 60.4 Å². The number of likely N-dealkylation sites (N-methyl/N-ethyl adjacent to an activating group) is 1. The van der Waals surface area contributed by atoms with E-state index in [-0.39, 0.29) is 30.4 Å². The molecule has 122 valence electrons. The van der Waals surface area contributed by atoms with Gasteiger partial charge >= 0.3 is 0 Å². The fourth-order valence-corrected chi connectivity index (χ4v) is 3.03. The zero-order chi connectivity index (χ0) is 16.2. The smallest absolute Gasteiger partial charge is 0.239 e. The van der Waals surface area contributed by atoms with Gasteiger partial charge < -0.3 is 10.2 Å². The summed E-state index contributed by atoms with van der Waals surface area (Å²) in [6.07, 6.45) is 1.19. The molecule has 0 saturated carbocycles. The summed E-state index contributed by atoms with van der Waals surface area (Å²) >= 11 is 0. The van der Waals surface area contributed by atoms with E-state index < -0.39 is 0 Å². The summed E-state index contributed by atoms with van der Waals surface area (Å²) in [6.45, 7) is 12.1. The molecule has 5 nitrogen and oxygen atoms in total. The van der Waals surface area contributed by atoms with Crippen LogP contribution in [0.15, 0.2) is 0 Å². The molecule has 0 bridgehead atoms. The van der Waals surface area contributed by atoms with Crippen molar-refractivity contribution < 1.29 is 9.59 Å². The first kappa shape index (κ1) is 18.0. The van der Waals surface area contributed by atoms with Crippen LogP contribution >= 0.6 is 0 Å². The molecule has 5 heteroatoms. The lowest BCUT2D eigenvalue weighted by Crippen LogP contribution is -2.52. The average Bonchev–Trinajstić information content (AvgIpc) is 2.34. The molecule has 3 atom stereocenters. The SMILES string of the molecule is CC(C)NC(=O)CN(C)[C@H](C)C(=O)N1C[C@H](C)C[C@H](C)C1. The van der Waals surface area contributed by atoms with Crippen molar-refractivity contribution in [1.29, 1.82) is 0 Å². The third kappa shape index (κ3) is 5.65. The number of nitrogens with one attached hydrogen (secondary N) is 1. The van der Waals surface area contributed by atoms with Crippen molar-refractivity contribution in [3.05, 3.63) is 0 Å². The largest absolute Gasteiger partial charge is 0.353 e. The minimum absolute atomic E-state index is 0.0347. The van der Waals surface area contributed by atoms with Gasteiger partial charge in [0.1, 0.15) is 0 Å². The van der Waals surface area contributed by atoms with Gasteiger partial charge in [0, 0.05) is 19.1 Å². The van der Waals surface area contributed by atoms with Crippen LogP contribution in [0.2, 0.25) is 0 Å². The Labute approximate surface area is 129 Å². The van der Waals surface area contributed by atoms with Crippen LogP contribution in [0.1, 0.15) is 41.0 Å². The molecule has 0 aliphatic carbocycles. The van der Waals surface area contributed by atoms with Crippen molar-refractivity contribution >= 4 is 11.8 Å². The summed E-state index contributed by atoms with van der Waals surface area (Å²) in [6, 6.07) is -0.138. The van der Waals surface area contributed by atoms with Crippen LogP contribution in [0.25, 0.3) is 0 Å². The van der Waals surface area contributed by atoms with Gasteiger partial charge in [-0.05, 0) is 46.1 Å². The monoisotopic (exact) mass is 297 g/mol. The number of piperidine rings is 1. The average molecular weight is 297 g/mol. The predicted molar refractivity (Wildman–Crippen MR) is 84.9 cm³/mol. The summed E-state index contributed by atoms with van der Waals surface area (Å²) in [5.74, 6) is 1.21. The second kappa shape index (κ2) is 7.78. The van der Waals surface area contributed by atoms with Crippen molar-refractivity contribution in [3.8, 4) is 0 Å². The van der Waals surface area contributed by atoms with Gasteiger partial charge in [-0.15, -0.1) is 0 Å². The van der Waals surface area contributed by atoms with E-state index in [2.05, 4.69) is 19.2 Å². The van der Waals surface area contributed by atoms with Crippen LogP contribution < -0.4 is 5.32 Å². The second-order valence-electron chi connectivity index (χ2n) is 7.00. The van der Waals surface area contributed by atoms with Gasteiger partial charge in [0.15, 0.2) is 0 Å². The van der Waals surface area contributed by atoms with Crippen molar-refractivity contribution in [2.24, 2.45) is 11.8 Å². The van der Waals surface area contributed by atoms with Crippen LogP contribution in [0.5, 0.6) is 0 Å². The van der Waals surface area contributed by atoms with Gasteiger partial charge in [-0.25, -0.2) is 0 Å². The molecule has 1 rings (SSSR count). The molecule has 2 amide bonds. The van der Waals surface area contributed by atoms with E-state index in [1.807, 2.05) is 37.6 Å². The predicted octanol–water partition coefficient (Wildman–Crippen LogP) is 1.34. The van der Waals surface area contributed by atoms with E-state index >= 15 is 0 Å². The number of likely N-dealkylation sites (tertiary alicyclic amines) is 1. The molecule has 0 unspecified atom stereocenters. The summed E-state index contributed by atoms with van der Waals surface area (Å²) in [7, 11) is 1.83. The van der Waals surface area contributed by atoms with Crippen LogP contribution in [0.4, 0.5) is 0 Å². The van der Waals surface area contributed by atoms with Gasteiger partial charge in [0.2, 0.25) is 11.8 Å². The Morgan fingerprint density at radius 2 is 1.71 bits per heavy atom. The Morgan fingerprint density at radius 3 is 2.19 bits per heavy atom. The van der Waals surface area contributed by atoms with Crippen LogP contribution in [-0.2, 0) is 9.59 Å². The zero-order valence-electron chi connectivity index (χ0n) is 14.3. The van der Waals surface area contributed by atoms with Crippen LogP contribution in [0, 0.1) is 11.8 Å². The summed E-state index contributed by atoms with van der Waals surface area (Å²) in [5, 5.41) is 2.86. The van der Waals surface area contributed by atoms with Crippen molar-refractivity contribution in [3.63, 3.8) is 0 Å². The molecule has 1 N–H and O–H groups in total. The second-order valence-corrected chi connectivity index (χ2v) is 7.00. The Bertz CT molecular complexity index is 361. The molecule has 1 aliphatic heterocycles. The quantitative estimate of drug-likeness (QED) is 0.833. The third-order valence-electron chi connectivity index (χ3n) is 4.04. The minimum Gasteiger partial charge on any atom is -0.353 e. The molecular weight excluding hydrogens is 266 g/mol. The van der Waals surface area contributed by atoms with Gasteiger partial charge in [-0.1, -0.05) is 13.8 Å². The van der Waals surface area contributed by atoms with E-state index in [9.17, 15) is 9.59 Å². The molecule has 0 spiro atoms. The highest BCUT2D eigenvalue weighted by Gasteiger charge is 2.30. The molecule has 0 aromatic rings. The highest BCUT2D eigenvalue weighted by atomic mass is 16.2. The molecule has 0 aromatic heterocycles. The van der Waals surface area contributed by atoms with Gasteiger partial charge in [0.25, 0.3) is 0 Å². The number of nitrogens with zero attached hydrogens (tertiary/aromatic N) is 2. The maximum Gasteiger partial charge on any atom is 0.239 e. The first-order chi connectivity index (χ1) is 9.70. The third-order valence-corrected chi connectivity index (χ3v) is 4.04. The molecule has 1 fully saturated rings. The van der Waals surface area contributed by atoms with Crippen LogP contribution in [0.3, 0.4) is 0 Å². The topological polar surface area (TPSA) is 52.7 Å². The zero-order valence-corrected chi connectivity index (χ0v) is 14.3. The van der Waals surface area contributed by atoms with E-state index in [0.717, 1.165) is 13.1 Å². The highest BCUT2D eigenvalue weighted by molar-refractivity contribution is 5.83. The summed E-state index contributed by atoms with van der Waals surface area (Å²) in [5.41, 5.74) is 0. The van der Waals surface area contributed by atoms with Crippen molar-refractivity contribution in [2.45, 2.75) is 53.1 Å². The highest BCUT2D eigenvalue weighted by Crippen LogP contribution is 2.21. The van der Waals surface area contributed by atoms with E-state index in [4.69, 9.17) is 0 Å². The normalized spacial score (nSPS) is 24.3. The molecular formula is C16H31N3O2. The minimum atomic E-state index is -0.264. The lowest BCUT2D eigenvalue weighted by molar-refractivity contribution is -0.139. The Morgan fingerprint density at radius 1 is 1.19 bits per heavy atom. The van der Waals surface area contributed by atoms with Gasteiger partial charge in [0.05, 0.1) is 12.6 Å². The Kier molecular flexibility index (Phi) is 6.65. The maximum absolute atomic E-state index is 12.6. The fraction of sp³-hybridized carbons (Fsp3) is 0.875. The van der Waals surface area contributed by atoms with Crippen molar-refractivity contribution in [2.75, 3.05) is 26.7 Å². The number of amides is 2. The van der Waals surface area contributed by atoms with E-state index in [1.54, 1.807) is 0 Å². The van der Waals surface area contributed by atoms with E-state index in [0.29, 0.717) is 11.8 Å². The number of carbonyl (C=O) groups excluding carboxylic acids is 2. The first-order valence-electron chi connectivity index (χ1n) is 7.99. The van der Waals surface area contributed by atoms with Crippen molar-refractivity contribution in [1.82, 2.24) is 15.1 Å². The molecule has 1 aliphatic rings. The molecule has 1 heterocycles. The van der Waals surface area contributed by atoms with Gasteiger partial charge in [-0.3, -0.25) is 14.5 Å². The first-order valence-corrected chi connectivity index (χ1v) is 7.99. The summed E-state index contributed by atoms with van der Waals surface area (Å²) in [4.78, 5) is 28.2. The maximum atomic E-state index is 12.6. The summed E-state index contributed by atoms with van der Waals surface area (Å²) < 4.78 is 0. The lowest BCUT2D eigenvalue weighted by atomic mass is 9.91. The fourth-order valence-electron chi connectivity index (χ4n) is 3.03. The van der Waals surface area contributed by atoms with Gasteiger partial charge in [-0.2, -0.15) is 0 Å². The number of hydrogen-bond donors (Lipinski definition) is 1.